The number of hydrogen-bond donors (Lipinski definition) is 0. The van der Waals surface area contributed by atoms with Crippen LogP contribution in [0.3, 0.4) is 0 Å². The third-order valence-electron chi connectivity index (χ3n) is 4.50. The van der Waals surface area contributed by atoms with E-state index in [1.54, 1.807) is 6.92 Å². The third kappa shape index (κ3) is 3.56. The largest absolute Gasteiger partial charge is 0.493 e. The first-order chi connectivity index (χ1) is 10.2. The standard InChI is InChI=1S/C17H24N2O2/c1-14(20)19-8-2-7-18(10-11-19)9-5-15-3-4-17-16(13-15)6-12-21-17/h3-4,13H,2,5-12H2,1H3. The molecule has 0 radical (unpaired) electrons. The molecule has 0 atom stereocenters. The van der Waals surface area contributed by atoms with E-state index in [0.717, 1.165) is 64.3 Å². The van der Waals surface area contributed by atoms with Crippen LogP contribution >= 0.6 is 0 Å². The van der Waals surface area contributed by atoms with Crippen LogP contribution in [-0.4, -0.2) is 55.0 Å². The monoisotopic (exact) mass is 288 g/mol. The molecule has 4 heteroatoms. The van der Waals surface area contributed by atoms with Crippen LogP contribution < -0.4 is 4.74 Å². The molecule has 4 nitrogen and oxygen atoms in total. The van der Waals surface area contributed by atoms with Gasteiger partial charge in [-0.05, 0) is 36.6 Å². The highest BCUT2D eigenvalue weighted by molar-refractivity contribution is 5.73. The minimum Gasteiger partial charge on any atom is -0.493 e. The van der Waals surface area contributed by atoms with Gasteiger partial charge in [0.15, 0.2) is 0 Å². The van der Waals surface area contributed by atoms with Gasteiger partial charge in [0.25, 0.3) is 0 Å². The Hall–Kier alpha value is -1.55. The molecule has 1 amide bonds. The number of rotatable bonds is 3. The molecule has 2 aliphatic heterocycles. The molecule has 0 aromatic heterocycles. The highest BCUT2D eigenvalue weighted by Crippen LogP contribution is 2.26. The van der Waals surface area contributed by atoms with E-state index < -0.39 is 0 Å². The topological polar surface area (TPSA) is 32.8 Å². The average Bonchev–Trinajstić information content (AvgIpc) is 2.80. The Labute approximate surface area is 126 Å². The first-order valence-corrected chi connectivity index (χ1v) is 7.95. The molecule has 2 aliphatic rings. The third-order valence-corrected chi connectivity index (χ3v) is 4.50. The molecule has 1 saturated heterocycles. The Bertz CT molecular complexity index is 516. The van der Waals surface area contributed by atoms with Gasteiger partial charge in [0.2, 0.25) is 5.91 Å². The lowest BCUT2D eigenvalue weighted by Gasteiger charge is -2.21. The first kappa shape index (κ1) is 14.4. The zero-order valence-corrected chi connectivity index (χ0v) is 12.8. The molecular formula is C17H24N2O2. The van der Waals surface area contributed by atoms with Gasteiger partial charge in [-0.3, -0.25) is 4.79 Å². The minimum atomic E-state index is 0.204. The van der Waals surface area contributed by atoms with Gasteiger partial charge in [0, 0.05) is 39.5 Å². The van der Waals surface area contributed by atoms with Gasteiger partial charge in [0.05, 0.1) is 6.61 Å². The van der Waals surface area contributed by atoms with Gasteiger partial charge in [-0.2, -0.15) is 0 Å². The molecule has 21 heavy (non-hydrogen) atoms. The van der Waals surface area contributed by atoms with Crippen molar-refractivity contribution >= 4 is 5.91 Å². The summed E-state index contributed by atoms with van der Waals surface area (Å²) in [6.45, 7) is 7.43. The summed E-state index contributed by atoms with van der Waals surface area (Å²) in [5.41, 5.74) is 2.75. The fourth-order valence-corrected chi connectivity index (χ4v) is 3.19. The van der Waals surface area contributed by atoms with Crippen LogP contribution in [0.5, 0.6) is 5.75 Å². The predicted molar refractivity (Wildman–Crippen MR) is 82.7 cm³/mol. The Morgan fingerprint density at radius 1 is 1.24 bits per heavy atom. The molecule has 3 rings (SSSR count). The van der Waals surface area contributed by atoms with Gasteiger partial charge in [-0.15, -0.1) is 0 Å². The fourth-order valence-electron chi connectivity index (χ4n) is 3.19. The van der Waals surface area contributed by atoms with Crippen molar-refractivity contribution in [2.75, 3.05) is 39.3 Å². The summed E-state index contributed by atoms with van der Waals surface area (Å²) in [5.74, 6) is 1.26. The first-order valence-electron chi connectivity index (χ1n) is 7.95. The fraction of sp³-hybridized carbons (Fsp3) is 0.588. The number of benzene rings is 1. The number of hydrogen-bond acceptors (Lipinski definition) is 3. The number of carbonyl (C=O) groups is 1. The van der Waals surface area contributed by atoms with Gasteiger partial charge in [-0.1, -0.05) is 12.1 Å². The summed E-state index contributed by atoms with van der Waals surface area (Å²) >= 11 is 0. The Balaban J connectivity index is 1.52. The van der Waals surface area contributed by atoms with Gasteiger partial charge in [0.1, 0.15) is 5.75 Å². The number of amides is 1. The lowest BCUT2D eigenvalue weighted by atomic mass is 10.1. The summed E-state index contributed by atoms with van der Waals surface area (Å²) in [6.07, 6.45) is 3.20. The van der Waals surface area contributed by atoms with Crippen molar-refractivity contribution in [1.82, 2.24) is 9.80 Å². The van der Waals surface area contributed by atoms with Crippen molar-refractivity contribution in [3.8, 4) is 5.75 Å². The summed E-state index contributed by atoms with van der Waals surface area (Å²) in [5, 5.41) is 0. The maximum Gasteiger partial charge on any atom is 0.219 e. The molecule has 1 aromatic rings. The molecular weight excluding hydrogens is 264 g/mol. The Morgan fingerprint density at radius 3 is 3.00 bits per heavy atom. The molecule has 0 spiro atoms. The van der Waals surface area contributed by atoms with Crippen LogP contribution in [0, 0.1) is 0 Å². The number of nitrogens with zero attached hydrogens (tertiary/aromatic N) is 2. The van der Waals surface area contributed by atoms with E-state index >= 15 is 0 Å². The molecule has 1 aromatic carbocycles. The molecule has 2 heterocycles. The molecule has 114 valence electrons. The molecule has 0 N–H and O–H groups in total. The van der Waals surface area contributed by atoms with Gasteiger partial charge in [-0.25, -0.2) is 0 Å². The lowest BCUT2D eigenvalue weighted by Crippen LogP contribution is -2.34. The van der Waals surface area contributed by atoms with E-state index in [1.165, 1.54) is 11.1 Å². The van der Waals surface area contributed by atoms with E-state index in [4.69, 9.17) is 4.74 Å². The van der Waals surface area contributed by atoms with Crippen LogP contribution in [0.25, 0.3) is 0 Å². The second-order valence-corrected chi connectivity index (χ2v) is 5.99. The average molecular weight is 288 g/mol. The van der Waals surface area contributed by atoms with Crippen molar-refractivity contribution < 1.29 is 9.53 Å². The second-order valence-electron chi connectivity index (χ2n) is 5.99. The van der Waals surface area contributed by atoms with Crippen molar-refractivity contribution in [3.05, 3.63) is 29.3 Å². The summed E-state index contributed by atoms with van der Waals surface area (Å²) in [4.78, 5) is 15.9. The van der Waals surface area contributed by atoms with Crippen molar-refractivity contribution in [3.63, 3.8) is 0 Å². The predicted octanol–water partition coefficient (Wildman–Crippen LogP) is 1.72. The van der Waals surface area contributed by atoms with E-state index in [9.17, 15) is 4.79 Å². The number of ether oxygens (including phenoxy) is 1. The van der Waals surface area contributed by atoms with Gasteiger partial charge < -0.3 is 14.5 Å². The van der Waals surface area contributed by atoms with E-state index in [2.05, 4.69) is 23.1 Å². The number of fused-ring (bicyclic) bond motifs is 1. The van der Waals surface area contributed by atoms with Crippen LogP contribution in [0.1, 0.15) is 24.5 Å². The van der Waals surface area contributed by atoms with E-state index in [1.807, 2.05) is 4.90 Å². The maximum absolute atomic E-state index is 11.4. The van der Waals surface area contributed by atoms with Crippen molar-refractivity contribution in [2.24, 2.45) is 0 Å². The number of carbonyl (C=O) groups excluding carboxylic acids is 1. The van der Waals surface area contributed by atoms with Crippen LogP contribution in [0.2, 0.25) is 0 Å². The normalized spacial score (nSPS) is 19.0. The van der Waals surface area contributed by atoms with E-state index in [-0.39, 0.29) is 5.91 Å². The molecule has 0 unspecified atom stereocenters. The highest BCUT2D eigenvalue weighted by atomic mass is 16.5. The molecule has 0 bridgehead atoms. The summed E-state index contributed by atoms with van der Waals surface area (Å²) in [6, 6.07) is 6.59. The Kier molecular flexibility index (Phi) is 4.44. The van der Waals surface area contributed by atoms with E-state index in [0.29, 0.717) is 0 Å². The van der Waals surface area contributed by atoms with Crippen LogP contribution in [-0.2, 0) is 17.6 Å². The zero-order chi connectivity index (χ0) is 14.7. The lowest BCUT2D eigenvalue weighted by molar-refractivity contribution is -0.128. The van der Waals surface area contributed by atoms with Crippen molar-refractivity contribution in [2.45, 2.75) is 26.2 Å². The smallest absolute Gasteiger partial charge is 0.219 e. The zero-order valence-electron chi connectivity index (χ0n) is 12.8. The van der Waals surface area contributed by atoms with Crippen LogP contribution in [0.15, 0.2) is 18.2 Å². The molecule has 0 aliphatic carbocycles. The second kappa shape index (κ2) is 6.48. The molecule has 0 saturated carbocycles. The Morgan fingerprint density at radius 2 is 2.14 bits per heavy atom. The summed E-state index contributed by atoms with van der Waals surface area (Å²) in [7, 11) is 0. The molecule has 1 fully saturated rings. The van der Waals surface area contributed by atoms with Crippen molar-refractivity contribution in [1.29, 1.82) is 0 Å². The maximum atomic E-state index is 11.4. The minimum absolute atomic E-state index is 0.204. The van der Waals surface area contributed by atoms with Gasteiger partial charge >= 0.3 is 0 Å². The SMILES string of the molecule is CC(=O)N1CCCN(CCc2ccc3c(c2)CCO3)CC1. The quantitative estimate of drug-likeness (QED) is 0.849. The summed E-state index contributed by atoms with van der Waals surface area (Å²) < 4.78 is 5.55. The van der Waals surface area contributed by atoms with Crippen LogP contribution in [0.4, 0.5) is 0 Å². The highest BCUT2D eigenvalue weighted by Gasteiger charge is 2.17.